The van der Waals surface area contributed by atoms with Crippen molar-refractivity contribution >= 4 is 11.2 Å². The molecule has 1 aliphatic carbocycles. The van der Waals surface area contributed by atoms with E-state index in [4.69, 9.17) is 19.4 Å². The van der Waals surface area contributed by atoms with Crippen molar-refractivity contribution in [2.75, 3.05) is 6.61 Å². The Labute approximate surface area is 197 Å². The fourth-order valence-corrected chi connectivity index (χ4v) is 5.91. The first kappa shape index (κ1) is 20.0. The Balaban J connectivity index is 1.31. The van der Waals surface area contributed by atoms with E-state index in [-0.39, 0.29) is 17.7 Å². The molecule has 3 atom stereocenters. The van der Waals surface area contributed by atoms with Crippen LogP contribution in [0.4, 0.5) is 0 Å². The molecule has 172 valence electrons. The van der Waals surface area contributed by atoms with Gasteiger partial charge in [0.05, 0.1) is 11.8 Å². The van der Waals surface area contributed by atoms with Crippen LogP contribution in [0, 0.1) is 0 Å². The van der Waals surface area contributed by atoms with E-state index in [0.717, 1.165) is 66.1 Å². The Morgan fingerprint density at radius 2 is 2.03 bits per heavy atom. The average Bonchev–Trinajstić information content (AvgIpc) is 3.55. The molecule has 3 aromatic heterocycles. The largest absolute Gasteiger partial charge is 0.490 e. The van der Waals surface area contributed by atoms with Crippen molar-refractivity contribution in [3.8, 4) is 22.9 Å². The highest BCUT2D eigenvalue weighted by molar-refractivity contribution is 5.77. The van der Waals surface area contributed by atoms with Crippen LogP contribution in [0.25, 0.3) is 22.4 Å². The number of pyridine rings is 2. The summed E-state index contributed by atoms with van der Waals surface area (Å²) in [7, 11) is 0. The number of aromatic nitrogens is 4. The van der Waals surface area contributed by atoms with E-state index in [0.29, 0.717) is 18.9 Å². The number of para-hydroxylation sites is 1. The minimum Gasteiger partial charge on any atom is -0.490 e. The molecule has 3 unspecified atom stereocenters. The molecule has 1 spiro atoms. The highest BCUT2D eigenvalue weighted by atomic mass is 16.5. The lowest BCUT2D eigenvalue weighted by molar-refractivity contribution is 0.147. The molecule has 5 heterocycles. The highest BCUT2D eigenvalue weighted by Crippen LogP contribution is 2.47. The van der Waals surface area contributed by atoms with Gasteiger partial charge in [-0.05, 0) is 49.9 Å². The molecule has 1 N–H and O–H groups in total. The number of aliphatic hydroxyl groups excluding tert-OH is 1. The van der Waals surface area contributed by atoms with Gasteiger partial charge in [-0.15, -0.1) is 0 Å². The van der Waals surface area contributed by atoms with E-state index < -0.39 is 0 Å². The van der Waals surface area contributed by atoms with Gasteiger partial charge < -0.3 is 14.6 Å². The van der Waals surface area contributed by atoms with Crippen LogP contribution in [-0.2, 0) is 12.0 Å². The fourth-order valence-electron chi connectivity index (χ4n) is 5.91. The molecule has 1 fully saturated rings. The minimum absolute atomic E-state index is 0.0114. The summed E-state index contributed by atoms with van der Waals surface area (Å²) in [5, 5.41) is 9.81. The van der Waals surface area contributed by atoms with Crippen molar-refractivity contribution in [1.29, 1.82) is 0 Å². The van der Waals surface area contributed by atoms with Gasteiger partial charge >= 0.3 is 0 Å². The Morgan fingerprint density at radius 3 is 2.94 bits per heavy atom. The predicted octanol–water partition coefficient (Wildman–Crippen LogP) is 4.26. The summed E-state index contributed by atoms with van der Waals surface area (Å²) in [5.74, 6) is 2.61. The average molecular weight is 455 g/mol. The quantitative estimate of drug-likeness (QED) is 0.498. The maximum Gasteiger partial charge on any atom is 0.214 e. The monoisotopic (exact) mass is 454 g/mol. The van der Waals surface area contributed by atoms with E-state index in [1.54, 1.807) is 6.20 Å². The normalized spacial score (nSPS) is 25.3. The summed E-state index contributed by atoms with van der Waals surface area (Å²) in [6.07, 6.45) is 6.81. The number of fused-ring (bicyclic) bond motifs is 6. The molecule has 0 bridgehead atoms. The van der Waals surface area contributed by atoms with Crippen LogP contribution in [0.1, 0.15) is 43.5 Å². The molecule has 7 rings (SSSR count). The van der Waals surface area contributed by atoms with Crippen molar-refractivity contribution in [1.82, 2.24) is 19.5 Å². The zero-order valence-corrected chi connectivity index (χ0v) is 18.9. The maximum absolute atomic E-state index is 9.81. The Bertz CT molecular complexity index is 1400. The van der Waals surface area contributed by atoms with Crippen LogP contribution < -0.4 is 9.47 Å². The smallest absolute Gasteiger partial charge is 0.214 e. The lowest BCUT2D eigenvalue weighted by Gasteiger charge is -2.35. The van der Waals surface area contributed by atoms with Gasteiger partial charge in [0, 0.05) is 36.2 Å². The molecule has 7 heteroatoms. The number of imidazole rings is 1. The van der Waals surface area contributed by atoms with Gasteiger partial charge in [-0.2, -0.15) is 0 Å². The fraction of sp³-hybridized carbons (Fsp3) is 0.370. The summed E-state index contributed by atoms with van der Waals surface area (Å²) in [6.45, 7) is 0.608. The molecule has 3 aliphatic rings. The summed E-state index contributed by atoms with van der Waals surface area (Å²) in [6, 6.07) is 16.3. The van der Waals surface area contributed by atoms with Crippen molar-refractivity contribution in [2.24, 2.45) is 0 Å². The molecular weight excluding hydrogens is 428 g/mol. The molecule has 1 saturated carbocycles. The second-order valence-corrected chi connectivity index (χ2v) is 9.66. The van der Waals surface area contributed by atoms with Gasteiger partial charge in [0.25, 0.3) is 0 Å². The second-order valence-electron chi connectivity index (χ2n) is 9.66. The first-order valence-corrected chi connectivity index (χ1v) is 12.1. The summed E-state index contributed by atoms with van der Waals surface area (Å²) >= 11 is 0. The highest BCUT2D eigenvalue weighted by Gasteiger charge is 2.46. The third-order valence-electron chi connectivity index (χ3n) is 7.52. The molecule has 7 nitrogen and oxygen atoms in total. The van der Waals surface area contributed by atoms with E-state index >= 15 is 0 Å². The van der Waals surface area contributed by atoms with Crippen molar-refractivity contribution in [3.05, 3.63) is 66.1 Å². The first-order chi connectivity index (χ1) is 16.7. The standard InChI is InChI=1S/C27H26N4O3/c32-18-7-8-19(15-18)34-25-14-17(11-13-28-25)21-9-10-22-26(30-21)31-24(29-22)6-3-12-27(31)16-33-23-5-2-1-4-20(23)27/h1-2,4-5,9-11,13-14,18-19,32H,3,6-8,12,15-16H2. The molecule has 4 aromatic rings. The van der Waals surface area contributed by atoms with Crippen LogP contribution >= 0.6 is 0 Å². The number of benzene rings is 1. The van der Waals surface area contributed by atoms with Crippen LogP contribution in [-0.4, -0.2) is 43.4 Å². The molecule has 0 saturated heterocycles. The lowest BCUT2D eigenvalue weighted by atomic mass is 9.83. The number of aliphatic hydroxyl groups is 1. The van der Waals surface area contributed by atoms with Crippen molar-refractivity contribution in [3.63, 3.8) is 0 Å². The van der Waals surface area contributed by atoms with Crippen LogP contribution in [0.5, 0.6) is 11.6 Å². The summed E-state index contributed by atoms with van der Waals surface area (Å²) in [5.41, 5.74) is 4.58. The van der Waals surface area contributed by atoms with Crippen LogP contribution in [0.2, 0.25) is 0 Å². The third kappa shape index (κ3) is 3.03. The van der Waals surface area contributed by atoms with Gasteiger partial charge in [-0.1, -0.05) is 18.2 Å². The molecular formula is C27H26N4O3. The number of nitrogens with zero attached hydrogens (tertiary/aromatic N) is 4. The topological polar surface area (TPSA) is 82.3 Å². The minimum atomic E-state index is -0.276. The molecule has 34 heavy (non-hydrogen) atoms. The second kappa shape index (κ2) is 7.53. The van der Waals surface area contributed by atoms with E-state index in [2.05, 4.69) is 33.8 Å². The maximum atomic E-state index is 9.81. The van der Waals surface area contributed by atoms with Crippen LogP contribution in [0.3, 0.4) is 0 Å². The third-order valence-corrected chi connectivity index (χ3v) is 7.52. The molecule has 2 aliphatic heterocycles. The van der Waals surface area contributed by atoms with Crippen molar-refractivity contribution in [2.45, 2.75) is 56.3 Å². The number of rotatable bonds is 3. The Morgan fingerprint density at radius 1 is 1.09 bits per heavy atom. The summed E-state index contributed by atoms with van der Waals surface area (Å²) in [4.78, 5) is 14.5. The number of hydrogen-bond acceptors (Lipinski definition) is 6. The Kier molecular flexibility index (Phi) is 4.42. The number of ether oxygens (including phenoxy) is 2. The number of aryl methyl sites for hydroxylation is 1. The van der Waals surface area contributed by atoms with E-state index in [1.165, 1.54) is 5.56 Å². The first-order valence-electron chi connectivity index (χ1n) is 12.1. The van der Waals surface area contributed by atoms with Crippen LogP contribution in [0.15, 0.2) is 54.7 Å². The van der Waals surface area contributed by atoms with E-state index in [1.807, 2.05) is 24.3 Å². The summed E-state index contributed by atoms with van der Waals surface area (Å²) < 4.78 is 14.5. The SMILES string of the molecule is OC1CCC(Oc2cc(-c3ccc4nc5n(c4n3)C3(CCC5)COc4ccccc43)ccn2)C1. The van der Waals surface area contributed by atoms with E-state index in [9.17, 15) is 5.11 Å². The number of hydrogen-bond donors (Lipinski definition) is 1. The van der Waals surface area contributed by atoms with Crippen molar-refractivity contribution < 1.29 is 14.6 Å². The lowest BCUT2D eigenvalue weighted by Crippen LogP contribution is -2.40. The molecule has 0 amide bonds. The van der Waals surface area contributed by atoms with Gasteiger partial charge in [-0.3, -0.25) is 4.57 Å². The van der Waals surface area contributed by atoms with Gasteiger partial charge in [-0.25, -0.2) is 15.0 Å². The zero-order chi connectivity index (χ0) is 22.7. The van der Waals surface area contributed by atoms with Gasteiger partial charge in [0.15, 0.2) is 5.65 Å². The molecule has 1 aromatic carbocycles. The zero-order valence-electron chi connectivity index (χ0n) is 18.9. The predicted molar refractivity (Wildman–Crippen MR) is 127 cm³/mol. The molecule has 0 radical (unpaired) electrons. The van der Waals surface area contributed by atoms with Gasteiger partial charge in [0.1, 0.15) is 35.3 Å². The van der Waals surface area contributed by atoms with Gasteiger partial charge in [0.2, 0.25) is 5.88 Å². The Hall–Kier alpha value is -3.45.